The van der Waals surface area contributed by atoms with Gasteiger partial charge in [-0.15, -0.1) is 0 Å². The highest BCUT2D eigenvalue weighted by molar-refractivity contribution is 6.33. The van der Waals surface area contributed by atoms with Gasteiger partial charge in [0.2, 0.25) is 0 Å². The van der Waals surface area contributed by atoms with Crippen LogP contribution >= 0.6 is 11.6 Å². The van der Waals surface area contributed by atoms with Crippen molar-refractivity contribution < 1.29 is 14.2 Å². The van der Waals surface area contributed by atoms with Crippen LogP contribution in [0.25, 0.3) is 0 Å². The first kappa shape index (κ1) is 15.9. The minimum Gasteiger partial charge on any atom is -0.493 e. The number of ether oxygens (including phenoxy) is 3. The van der Waals surface area contributed by atoms with Crippen molar-refractivity contribution in [3.05, 3.63) is 17.2 Å². The molecule has 0 atom stereocenters. The molecule has 5 heteroatoms. The third-order valence-electron chi connectivity index (χ3n) is 3.07. The highest BCUT2D eigenvalue weighted by atomic mass is 35.5. The van der Waals surface area contributed by atoms with Gasteiger partial charge in [-0.2, -0.15) is 0 Å². The molecular weight excluding hydrogens is 266 g/mol. The zero-order valence-corrected chi connectivity index (χ0v) is 12.9. The number of benzene rings is 1. The molecule has 0 aromatic heterocycles. The van der Waals surface area contributed by atoms with E-state index in [-0.39, 0.29) is 5.60 Å². The smallest absolute Gasteiger partial charge is 0.162 e. The van der Waals surface area contributed by atoms with Gasteiger partial charge in [-0.05, 0) is 20.3 Å². The lowest BCUT2D eigenvalue weighted by molar-refractivity contribution is 0.0185. The molecule has 0 spiro atoms. The highest BCUT2D eigenvalue weighted by Crippen LogP contribution is 2.36. The van der Waals surface area contributed by atoms with E-state index in [2.05, 4.69) is 5.32 Å². The van der Waals surface area contributed by atoms with Crippen molar-refractivity contribution in [2.45, 2.75) is 25.9 Å². The summed E-state index contributed by atoms with van der Waals surface area (Å²) in [5.74, 6) is 1.27. The van der Waals surface area contributed by atoms with E-state index in [1.165, 1.54) is 0 Å². The third-order valence-corrected chi connectivity index (χ3v) is 3.38. The van der Waals surface area contributed by atoms with Crippen LogP contribution in [0.5, 0.6) is 11.5 Å². The summed E-state index contributed by atoms with van der Waals surface area (Å²) in [7, 11) is 4.90. The standard InChI is InChI=1S/C14H22ClNO3/c1-14(2,19-5)6-7-16-11-9-13(18-4)12(17-3)8-10(11)15/h8-9,16H,6-7H2,1-5H3. The first-order chi connectivity index (χ1) is 8.93. The summed E-state index contributed by atoms with van der Waals surface area (Å²) in [4.78, 5) is 0. The Morgan fingerprint density at radius 2 is 1.68 bits per heavy atom. The van der Waals surface area contributed by atoms with E-state index >= 15 is 0 Å². The molecule has 1 aromatic rings. The minimum absolute atomic E-state index is 0.157. The van der Waals surface area contributed by atoms with Crippen molar-refractivity contribution in [1.82, 2.24) is 0 Å². The molecule has 1 aromatic carbocycles. The van der Waals surface area contributed by atoms with E-state index in [1.54, 1.807) is 27.4 Å². The fourth-order valence-corrected chi connectivity index (χ4v) is 1.81. The molecule has 4 nitrogen and oxygen atoms in total. The molecule has 0 bridgehead atoms. The van der Waals surface area contributed by atoms with Gasteiger partial charge in [-0.3, -0.25) is 0 Å². The highest BCUT2D eigenvalue weighted by Gasteiger charge is 2.16. The van der Waals surface area contributed by atoms with Crippen LogP contribution in [0.4, 0.5) is 5.69 Å². The summed E-state index contributed by atoms with van der Waals surface area (Å²) in [6, 6.07) is 3.57. The minimum atomic E-state index is -0.157. The fraction of sp³-hybridized carbons (Fsp3) is 0.571. The van der Waals surface area contributed by atoms with Gasteiger partial charge < -0.3 is 19.5 Å². The lowest BCUT2D eigenvalue weighted by atomic mass is 10.1. The summed E-state index contributed by atoms with van der Waals surface area (Å²) >= 11 is 6.19. The summed E-state index contributed by atoms with van der Waals surface area (Å²) in [6.45, 7) is 4.85. The quantitative estimate of drug-likeness (QED) is 0.832. The van der Waals surface area contributed by atoms with Crippen molar-refractivity contribution in [3.63, 3.8) is 0 Å². The van der Waals surface area contributed by atoms with Gasteiger partial charge in [0.25, 0.3) is 0 Å². The van der Waals surface area contributed by atoms with Gasteiger partial charge >= 0.3 is 0 Å². The van der Waals surface area contributed by atoms with Crippen LogP contribution in [0.1, 0.15) is 20.3 Å². The Kier molecular flexibility index (Phi) is 5.76. The Morgan fingerprint density at radius 3 is 2.21 bits per heavy atom. The Balaban J connectivity index is 2.73. The van der Waals surface area contributed by atoms with E-state index in [0.717, 1.165) is 18.7 Å². The third kappa shape index (κ3) is 4.48. The first-order valence-corrected chi connectivity index (χ1v) is 6.52. The molecule has 0 radical (unpaired) electrons. The molecule has 0 aliphatic heterocycles. The number of anilines is 1. The van der Waals surface area contributed by atoms with Gasteiger partial charge in [-0.25, -0.2) is 0 Å². The maximum Gasteiger partial charge on any atom is 0.162 e. The van der Waals surface area contributed by atoms with Crippen LogP contribution in [0.15, 0.2) is 12.1 Å². The maximum atomic E-state index is 6.19. The summed E-state index contributed by atoms with van der Waals surface area (Å²) in [5.41, 5.74) is 0.668. The average Bonchev–Trinajstić information content (AvgIpc) is 2.40. The van der Waals surface area contributed by atoms with Crippen molar-refractivity contribution >= 4 is 17.3 Å². The molecule has 0 fully saturated rings. The Hall–Kier alpha value is -1.13. The number of halogens is 1. The Labute approximate surface area is 120 Å². The molecular formula is C14H22ClNO3. The number of rotatable bonds is 7. The van der Waals surface area contributed by atoms with E-state index in [0.29, 0.717) is 16.5 Å². The molecule has 1 rings (SSSR count). The lowest BCUT2D eigenvalue weighted by Crippen LogP contribution is -2.25. The average molecular weight is 288 g/mol. The van der Waals surface area contributed by atoms with Crippen LogP contribution in [-0.2, 0) is 4.74 Å². The molecule has 0 unspecified atom stereocenters. The van der Waals surface area contributed by atoms with Crippen molar-refractivity contribution in [2.75, 3.05) is 33.2 Å². The van der Waals surface area contributed by atoms with Crippen molar-refractivity contribution in [3.8, 4) is 11.5 Å². The number of nitrogens with one attached hydrogen (secondary N) is 1. The van der Waals surface area contributed by atoms with Crippen LogP contribution in [0, 0.1) is 0 Å². The second-order valence-electron chi connectivity index (χ2n) is 4.83. The summed E-state index contributed by atoms with van der Waals surface area (Å²) < 4.78 is 15.8. The van der Waals surface area contributed by atoms with Gasteiger partial charge in [0, 0.05) is 25.8 Å². The van der Waals surface area contributed by atoms with Crippen LogP contribution in [0.3, 0.4) is 0 Å². The van der Waals surface area contributed by atoms with Crippen LogP contribution < -0.4 is 14.8 Å². The van der Waals surface area contributed by atoms with Crippen LogP contribution in [-0.4, -0.2) is 33.5 Å². The first-order valence-electron chi connectivity index (χ1n) is 6.14. The van der Waals surface area contributed by atoms with Gasteiger partial charge in [0.15, 0.2) is 11.5 Å². The largest absolute Gasteiger partial charge is 0.493 e. The molecule has 0 saturated heterocycles. The number of hydrogen-bond donors (Lipinski definition) is 1. The molecule has 0 aliphatic rings. The van der Waals surface area contributed by atoms with Crippen LogP contribution in [0.2, 0.25) is 5.02 Å². The molecule has 0 aliphatic carbocycles. The maximum absolute atomic E-state index is 6.19. The van der Waals surface area contributed by atoms with Crippen molar-refractivity contribution in [1.29, 1.82) is 0 Å². The van der Waals surface area contributed by atoms with Gasteiger partial charge in [-0.1, -0.05) is 11.6 Å². The second-order valence-corrected chi connectivity index (χ2v) is 5.23. The van der Waals surface area contributed by atoms with Crippen molar-refractivity contribution in [2.24, 2.45) is 0 Å². The van der Waals surface area contributed by atoms with E-state index < -0.39 is 0 Å². The monoisotopic (exact) mass is 287 g/mol. The molecule has 0 saturated carbocycles. The van der Waals surface area contributed by atoms with E-state index in [1.807, 2.05) is 19.9 Å². The second kappa shape index (κ2) is 6.87. The Bertz CT molecular complexity index is 421. The summed E-state index contributed by atoms with van der Waals surface area (Å²) in [6.07, 6.45) is 0.869. The van der Waals surface area contributed by atoms with E-state index in [9.17, 15) is 0 Å². The number of methoxy groups -OCH3 is 3. The molecule has 0 amide bonds. The zero-order chi connectivity index (χ0) is 14.5. The molecule has 0 heterocycles. The summed E-state index contributed by atoms with van der Waals surface area (Å²) in [5, 5.41) is 3.89. The molecule has 1 N–H and O–H groups in total. The topological polar surface area (TPSA) is 39.7 Å². The zero-order valence-electron chi connectivity index (χ0n) is 12.2. The predicted molar refractivity (Wildman–Crippen MR) is 78.8 cm³/mol. The predicted octanol–water partition coefficient (Wildman–Crippen LogP) is 3.58. The number of hydrogen-bond acceptors (Lipinski definition) is 4. The Morgan fingerprint density at radius 1 is 1.11 bits per heavy atom. The molecule has 19 heavy (non-hydrogen) atoms. The SMILES string of the molecule is COc1cc(Cl)c(NCCC(C)(C)OC)cc1OC. The fourth-order valence-electron chi connectivity index (χ4n) is 1.59. The van der Waals surface area contributed by atoms with Gasteiger partial charge in [0.1, 0.15) is 0 Å². The molecule has 108 valence electrons. The van der Waals surface area contributed by atoms with Gasteiger partial charge in [0.05, 0.1) is 30.5 Å². The normalized spacial score (nSPS) is 11.3. The lowest BCUT2D eigenvalue weighted by Gasteiger charge is -2.23. The van der Waals surface area contributed by atoms with E-state index in [4.69, 9.17) is 25.8 Å².